The largest absolute Gasteiger partial charge is 0.370 e. The molecule has 0 radical (unpaired) electrons. The average molecular weight is 270 g/mol. The van der Waals surface area contributed by atoms with E-state index in [0.29, 0.717) is 0 Å². The summed E-state index contributed by atoms with van der Waals surface area (Å²) in [5.74, 6) is 1.70. The van der Waals surface area contributed by atoms with Crippen molar-refractivity contribution >= 4 is 5.82 Å². The highest BCUT2D eigenvalue weighted by molar-refractivity contribution is 5.37. The Morgan fingerprint density at radius 3 is 2.60 bits per heavy atom. The van der Waals surface area contributed by atoms with Crippen molar-refractivity contribution in [3.05, 3.63) is 47.2 Å². The molecule has 0 aliphatic rings. The zero-order valence-corrected chi connectivity index (χ0v) is 12.5. The predicted molar refractivity (Wildman–Crippen MR) is 82.0 cm³/mol. The summed E-state index contributed by atoms with van der Waals surface area (Å²) in [4.78, 5) is 13.4. The number of hydrogen-bond acceptors (Lipinski definition) is 4. The highest BCUT2D eigenvalue weighted by Crippen LogP contribution is 2.11. The Kier molecular flexibility index (Phi) is 5.04. The summed E-state index contributed by atoms with van der Waals surface area (Å²) in [6.07, 6.45) is 4.79. The second-order valence-electron chi connectivity index (χ2n) is 4.91. The summed E-state index contributed by atoms with van der Waals surface area (Å²) >= 11 is 0. The van der Waals surface area contributed by atoms with E-state index in [1.165, 1.54) is 5.56 Å². The standard InChI is InChI=1S/C16H22N4/c1-4-8-17-16-10-15(19-12(3)20-16)9-14-7-6-13(5-2)11-18-14/h6-7,10-11H,4-5,8-9H2,1-3H3,(H,17,19,20). The van der Waals surface area contributed by atoms with Crippen LogP contribution >= 0.6 is 0 Å². The minimum absolute atomic E-state index is 0.744. The van der Waals surface area contributed by atoms with Crippen LogP contribution in [0, 0.1) is 6.92 Å². The van der Waals surface area contributed by atoms with Crippen LogP contribution < -0.4 is 5.32 Å². The zero-order chi connectivity index (χ0) is 14.4. The molecule has 2 rings (SSSR count). The number of rotatable bonds is 6. The van der Waals surface area contributed by atoms with Gasteiger partial charge in [0, 0.05) is 30.9 Å². The molecule has 106 valence electrons. The van der Waals surface area contributed by atoms with Crippen LogP contribution in [0.4, 0.5) is 5.82 Å². The van der Waals surface area contributed by atoms with Crippen molar-refractivity contribution in [3.8, 4) is 0 Å². The lowest BCUT2D eigenvalue weighted by atomic mass is 10.1. The van der Waals surface area contributed by atoms with E-state index in [9.17, 15) is 0 Å². The molecule has 4 heteroatoms. The van der Waals surface area contributed by atoms with Crippen molar-refractivity contribution in [1.82, 2.24) is 15.0 Å². The minimum Gasteiger partial charge on any atom is -0.370 e. The summed E-state index contributed by atoms with van der Waals surface area (Å²) < 4.78 is 0. The molecule has 0 aliphatic carbocycles. The van der Waals surface area contributed by atoms with E-state index in [0.717, 1.165) is 48.8 Å². The molecule has 2 aromatic rings. The molecule has 4 nitrogen and oxygen atoms in total. The van der Waals surface area contributed by atoms with Crippen LogP contribution in [-0.2, 0) is 12.8 Å². The quantitative estimate of drug-likeness (QED) is 0.876. The number of anilines is 1. The van der Waals surface area contributed by atoms with Crippen molar-refractivity contribution in [1.29, 1.82) is 0 Å². The first-order chi connectivity index (χ1) is 9.71. The number of nitrogens with one attached hydrogen (secondary N) is 1. The highest BCUT2D eigenvalue weighted by Gasteiger charge is 2.04. The van der Waals surface area contributed by atoms with Gasteiger partial charge in [0.15, 0.2) is 0 Å². The number of aryl methyl sites for hydroxylation is 2. The van der Waals surface area contributed by atoms with E-state index in [2.05, 4.69) is 46.2 Å². The molecule has 0 atom stereocenters. The lowest BCUT2D eigenvalue weighted by Gasteiger charge is -2.08. The third kappa shape index (κ3) is 4.02. The molecular formula is C16H22N4. The fourth-order valence-electron chi connectivity index (χ4n) is 2.02. The van der Waals surface area contributed by atoms with Gasteiger partial charge in [0.25, 0.3) is 0 Å². The van der Waals surface area contributed by atoms with Gasteiger partial charge in [-0.05, 0) is 31.4 Å². The third-order valence-corrected chi connectivity index (χ3v) is 3.10. The van der Waals surface area contributed by atoms with Gasteiger partial charge >= 0.3 is 0 Å². The SMILES string of the molecule is CCCNc1cc(Cc2ccc(CC)cn2)nc(C)n1. The first-order valence-corrected chi connectivity index (χ1v) is 7.23. The lowest BCUT2D eigenvalue weighted by Crippen LogP contribution is -2.06. The molecule has 2 heterocycles. The smallest absolute Gasteiger partial charge is 0.129 e. The molecule has 2 aromatic heterocycles. The maximum atomic E-state index is 4.49. The van der Waals surface area contributed by atoms with Gasteiger partial charge in [0.1, 0.15) is 11.6 Å². The van der Waals surface area contributed by atoms with E-state index in [1.54, 1.807) is 0 Å². The number of nitrogens with zero attached hydrogens (tertiary/aromatic N) is 3. The van der Waals surface area contributed by atoms with E-state index < -0.39 is 0 Å². The monoisotopic (exact) mass is 270 g/mol. The van der Waals surface area contributed by atoms with Gasteiger partial charge in [0.05, 0.1) is 5.69 Å². The van der Waals surface area contributed by atoms with Crippen molar-refractivity contribution < 1.29 is 0 Å². The number of aromatic nitrogens is 3. The molecule has 0 aromatic carbocycles. The van der Waals surface area contributed by atoms with Crippen molar-refractivity contribution in [3.63, 3.8) is 0 Å². The second-order valence-corrected chi connectivity index (χ2v) is 4.91. The first-order valence-electron chi connectivity index (χ1n) is 7.23. The van der Waals surface area contributed by atoms with Crippen LogP contribution in [-0.4, -0.2) is 21.5 Å². The normalized spacial score (nSPS) is 10.6. The van der Waals surface area contributed by atoms with Crippen molar-refractivity contribution in [2.45, 2.75) is 40.0 Å². The molecule has 0 saturated heterocycles. The lowest BCUT2D eigenvalue weighted by molar-refractivity contribution is 0.919. The van der Waals surface area contributed by atoms with Gasteiger partial charge in [-0.3, -0.25) is 4.98 Å². The van der Waals surface area contributed by atoms with Gasteiger partial charge in [-0.2, -0.15) is 0 Å². The van der Waals surface area contributed by atoms with Crippen molar-refractivity contribution in [2.75, 3.05) is 11.9 Å². The molecule has 0 aliphatic heterocycles. The van der Waals surface area contributed by atoms with E-state index in [4.69, 9.17) is 0 Å². The Morgan fingerprint density at radius 1 is 1.10 bits per heavy atom. The molecule has 1 N–H and O–H groups in total. The fraction of sp³-hybridized carbons (Fsp3) is 0.438. The maximum absolute atomic E-state index is 4.49. The average Bonchev–Trinajstić information content (AvgIpc) is 2.45. The summed E-state index contributed by atoms with van der Waals surface area (Å²) in [7, 11) is 0. The molecule has 20 heavy (non-hydrogen) atoms. The van der Waals surface area contributed by atoms with Gasteiger partial charge in [-0.25, -0.2) is 9.97 Å². The summed E-state index contributed by atoms with van der Waals surface area (Å²) in [5.41, 5.74) is 3.31. The summed E-state index contributed by atoms with van der Waals surface area (Å²) in [5, 5.41) is 3.31. The van der Waals surface area contributed by atoms with Crippen LogP contribution in [0.1, 0.15) is 43.0 Å². The van der Waals surface area contributed by atoms with E-state index in [1.807, 2.05) is 19.2 Å². The molecule has 0 bridgehead atoms. The maximum Gasteiger partial charge on any atom is 0.129 e. The first kappa shape index (κ1) is 14.4. The zero-order valence-electron chi connectivity index (χ0n) is 12.5. The van der Waals surface area contributed by atoms with Gasteiger partial charge in [-0.1, -0.05) is 19.9 Å². The number of pyridine rings is 1. The van der Waals surface area contributed by atoms with Crippen molar-refractivity contribution in [2.24, 2.45) is 0 Å². The van der Waals surface area contributed by atoms with Crippen LogP contribution in [0.3, 0.4) is 0 Å². The van der Waals surface area contributed by atoms with E-state index in [-0.39, 0.29) is 0 Å². The Morgan fingerprint density at radius 2 is 1.95 bits per heavy atom. The van der Waals surface area contributed by atoms with E-state index >= 15 is 0 Å². The van der Waals surface area contributed by atoms with Crippen LogP contribution in [0.2, 0.25) is 0 Å². The molecule has 0 fully saturated rings. The summed E-state index contributed by atoms with van der Waals surface area (Å²) in [6.45, 7) is 7.13. The fourth-order valence-corrected chi connectivity index (χ4v) is 2.02. The van der Waals surface area contributed by atoms with Gasteiger partial charge < -0.3 is 5.32 Å². The topological polar surface area (TPSA) is 50.7 Å². The molecule has 0 spiro atoms. The van der Waals surface area contributed by atoms with Crippen LogP contribution in [0.25, 0.3) is 0 Å². The highest BCUT2D eigenvalue weighted by atomic mass is 15.0. The minimum atomic E-state index is 0.744. The molecule has 0 unspecified atom stereocenters. The van der Waals surface area contributed by atoms with Crippen LogP contribution in [0.5, 0.6) is 0 Å². The van der Waals surface area contributed by atoms with Crippen LogP contribution in [0.15, 0.2) is 24.4 Å². The Hall–Kier alpha value is -1.97. The molecule has 0 saturated carbocycles. The van der Waals surface area contributed by atoms with Gasteiger partial charge in [0.2, 0.25) is 0 Å². The predicted octanol–water partition coefficient (Wildman–Crippen LogP) is 3.16. The third-order valence-electron chi connectivity index (χ3n) is 3.10. The number of hydrogen-bond donors (Lipinski definition) is 1. The molecule has 0 amide bonds. The molecular weight excluding hydrogens is 248 g/mol. The second kappa shape index (κ2) is 6.98. The van der Waals surface area contributed by atoms with Gasteiger partial charge in [-0.15, -0.1) is 0 Å². The summed E-state index contributed by atoms with van der Waals surface area (Å²) in [6, 6.07) is 6.22. The Balaban J connectivity index is 2.12. The Bertz CT molecular complexity index is 549. The Labute approximate surface area is 120 Å².